The maximum Gasteiger partial charge on any atom is 0.254 e. The second-order valence-corrected chi connectivity index (χ2v) is 6.11. The van der Waals surface area contributed by atoms with Crippen LogP contribution in [0.5, 0.6) is 0 Å². The van der Waals surface area contributed by atoms with Crippen molar-refractivity contribution in [1.82, 2.24) is 15.4 Å². The molecule has 118 valence electrons. The summed E-state index contributed by atoms with van der Waals surface area (Å²) in [7, 11) is 0. The van der Waals surface area contributed by atoms with Crippen LogP contribution in [0.1, 0.15) is 11.1 Å². The number of aromatic nitrogens is 2. The van der Waals surface area contributed by atoms with Crippen LogP contribution in [0.4, 0.5) is 0 Å². The second-order valence-electron chi connectivity index (χ2n) is 5.15. The van der Waals surface area contributed by atoms with Crippen LogP contribution in [0, 0.1) is 6.92 Å². The minimum atomic E-state index is -0.192. The molecular weight excluding hydrogens is 310 g/mol. The Bertz CT molecular complexity index is 802. The van der Waals surface area contributed by atoms with Gasteiger partial charge < -0.3 is 4.98 Å². The van der Waals surface area contributed by atoms with Crippen molar-refractivity contribution in [2.45, 2.75) is 18.7 Å². The van der Waals surface area contributed by atoms with Crippen LogP contribution in [0.25, 0.3) is 11.0 Å². The summed E-state index contributed by atoms with van der Waals surface area (Å²) in [5, 5.41) is 0.726. The third-order valence-electron chi connectivity index (χ3n) is 3.22. The summed E-state index contributed by atoms with van der Waals surface area (Å²) in [6, 6.07) is 15.7. The number of aromatic amines is 1. The van der Waals surface area contributed by atoms with Crippen molar-refractivity contribution in [2.75, 3.05) is 5.75 Å². The van der Waals surface area contributed by atoms with E-state index in [0.29, 0.717) is 6.61 Å². The number of thioether (sulfide) groups is 1. The average molecular weight is 327 g/mol. The van der Waals surface area contributed by atoms with Gasteiger partial charge in [0.15, 0.2) is 5.16 Å². The Hall–Kier alpha value is -2.31. The van der Waals surface area contributed by atoms with Gasteiger partial charge in [-0.3, -0.25) is 9.63 Å². The topological polar surface area (TPSA) is 67.0 Å². The average Bonchev–Trinajstić information content (AvgIpc) is 2.96. The zero-order valence-electron chi connectivity index (χ0n) is 12.7. The monoisotopic (exact) mass is 327 g/mol. The van der Waals surface area contributed by atoms with E-state index >= 15 is 0 Å². The molecule has 0 saturated heterocycles. The number of imidazole rings is 1. The van der Waals surface area contributed by atoms with Gasteiger partial charge >= 0.3 is 0 Å². The van der Waals surface area contributed by atoms with E-state index in [1.807, 2.05) is 55.5 Å². The van der Waals surface area contributed by atoms with E-state index < -0.39 is 0 Å². The van der Waals surface area contributed by atoms with Gasteiger partial charge in [0.05, 0.1) is 23.4 Å². The number of aryl methyl sites for hydroxylation is 1. The molecule has 0 spiro atoms. The Balaban J connectivity index is 1.46. The van der Waals surface area contributed by atoms with Crippen molar-refractivity contribution in [3.05, 3.63) is 59.7 Å². The highest BCUT2D eigenvalue weighted by Crippen LogP contribution is 2.20. The number of nitrogens with one attached hydrogen (secondary N) is 2. The molecule has 1 aromatic heterocycles. The molecule has 0 atom stereocenters. The quantitative estimate of drug-likeness (QED) is 0.539. The largest absolute Gasteiger partial charge is 0.333 e. The summed E-state index contributed by atoms with van der Waals surface area (Å²) in [4.78, 5) is 24.6. The molecule has 1 heterocycles. The molecule has 0 fully saturated rings. The fourth-order valence-electron chi connectivity index (χ4n) is 2.11. The van der Waals surface area contributed by atoms with E-state index in [4.69, 9.17) is 4.84 Å². The molecule has 2 aromatic carbocycles. The number of carbonyl (C=O) groups excluding carboxylic acids is 1. The van der Waals surface area contributed by atoms with E-state index in [-0.39, 0.29) is 11.7 Å². The first-order valence-corrected chi connectivity index (χ1v) is 8.23. The lowest BCUT2D eigenvalue weighted by Gasteiger charge is -2.05. The van der Waals surface area contributed by atoms with Gasteiger partial charge in [0.25, 0.3) is 5.91 Å². The zero-order valence-corrected chi connectivity index (χ0v) is 13.5. The minimum Gasteiger partial charge on any atom is -0.333 e. The Morgan fingerprint density at radius 1 is 1.26 bits per heavy atom. The molecule has 6 heteroatoms. The first kappa shape index (κ1) is 15.6. The molecule has 0 unspecified atom stereocenters. The summed E-state index contributed by atoms with van der Waals surface area (Å²) in [5.74, 6) is 0.0516. The normalized spacial score (nSPS) is 10.8. The van der Waals surface area contributed by atoms with Gasteiger partial charge in [-0.15, -0.1) is 0 Å². The molecule has 0 aliphatic heterocycles. The first-order valence-electron chi connectivity index (χ1n) is 7.24. The van der Waals surface area contributed by atoms with Crippen molar-refractivity contribution in [1.29, 1.82) is 0 Å². The summed E-state index contributed by atoms with van der Waals surface area (Å²) in [5.41, 5.74) is 6.50. The van der Waals surface area contributed by atoms with E-state index in [1.165, 1.54) is 17.3 Å². The number of hydroxylamine groups is 1. The van der Waals surface area contributed by atoms with Gasteiger partial charge in [-0.05, 0) is 30.2 Å². The highest BCUT2D eigenvalue weighted by Gasteiger charge is 2.07. The highest BCUT2D eigenvalue weighted by molar-refractivity contribution is 7.99. The number of benzene rings is 2. The highest BCUT2D eigenvalue weighted by atomic mass is 32.2. The van der Waals surface area contributed by atoms with Gasteiger partial charge in [-0.1, -0.05) is 48.2 Å². The predicted molar refractivity (Wildman–Crippen MR) is 90.9 cm³/mol. The number of hydrogen-bond acceptors (Lipinski definition) is 4. The van der Waals surface area contributed by atoms with Crippen molar-refractivity contribution in [2.24, 2.45) is 0 Å². The summed E-state index contributed by atoms with van der Waals surface area (Å²) < 4.78 is 0. The molecule has 23 heavy (non-hydrogen) atoms. The first-order chi connectivity index (χ1) is 11.2. The number of carbonyl (C=O) groups is 1. The summed E-state index contributed by atoms with van der Waals surface area (Å²) in [6.07, 6.45) is 0. The molecule has 3 rings (SSSR count). The third kappa shape index (κ3) is 4.34. The van der Waals surface area contributed by atoms with E-state index in [1.54, 1.807) is 0 Å². The Kier molecular flexibility index (Phi) is 4.95. The van der Waals surface area contributed by atoms with Crippen molar-refractivity contribution < 1.29 is 9.63 Å². The lowest BCUT2D eigenvalue weighted by atomic mass is 10.2. The standard InChI is InChI=1S/C17H17N3O2S/c1-12-7-8-14-15(9-12)19-17(18-14)23-11-16(21)20-22-10-13-5-3-2-4-6-13/h2-9H,10-11H2,1H3,(H,18,19)(H,20,21). The fraction of sp³-hybridized carbons (Fsp3) is 0.176. The number of amides is 1. The summed E-state index contributed by atoms with van der Waals surface area (Å²) in [6.45, 7) is 2.38. The van der Waals surface area contributed by atoms with E-state index in [9.17, 15) is 4.79 Å². The van der Waals surface area contributed by atoms with Crippen LogP contribution in [-0.2, 0) is 16.2 Å². The van der Waals surface area contributed by atoms with Gasteiger partial charge in [-0.25, -0.2) is 10.5 Å². The number of nitrogens with zero attached hydrogens (tertiary/aromatic N) is 1. The number of rotatable bonds is 6. The smallest absolute Gasteiger partial charge is 0.254 e. The van der Waals surface area contributed by atoms with Crippen LogP contribution in [-0.4, -0.2) is 21.6 Å². The molecule has 2 N–H and O–H groups in total. The predicted octanol–water partition coefficient (Wildman–Crippen LogP) is 3.21. The maximum absolute atomic E-state index is 11.8. The molecule has 0 bridgehead atoms. The molecular formula is C17H17N3O2S. The Morgan fingerprint density at radius 3 is 2.91 bits per heavy atom. The molecule has 0 aliphatic rings. The summed E-state index contributed by atoms with van der Waals surface area (Å²) >= 11 is 1.35. The van der Waals surface area contributed by atoms with Gasteiger partial charge in [0.1, 0.15) is 0 Å². The fourth-order valence-corrected chi connectivity index (χ4v) is 2.78. The lowest BCUT2D eigenvalue weighted by Crippen LogP contribution is -2.25. The maximum atomic E-state index is 11.8. The van der Waals surface area contributed by atoms with Crippen LogP contribution in [0.2, 0.25) is 0 Å². The molecule has 0 saturated carbocycles. The number of hydrogen-bond donors (Lipinski definition) is 2. The van der Waals surface area contributed by atoms with Crippen LogP contribution in [0.3, 0.4) is 0 Å². The Labute approximate surface area is 138 Å². The molecule has 3 aromatic rings. The number of fused-ring (bicyclic) bond motifs is 1. The van der Waals surface area contributed by atoms with Gasteiger partial charge in [-0.2, -0.15) is 0 Å². The number of H-pyrrole nitrogens is 1. The van der Waals surface area contributed by atoms with Crippen molar-refractivity contribution in [3.63, 3.8) is 0 Å². The van der Waals surface area contributed by atoms with Crippen LogP contribution >= 0.6 is 11.8 Å². The van der Waals surface area contributed by atoms with Crippen molar-refractivity contribution >= 4 is 28.7 Å². The van der Waals surface area contributed by atoms with Gasteiger partial charge in [0.2, 0.25) is 0 Å². The van der Waals surface area contributed by atoms with Gasteiger partial charge in [0, 0.05) is 0 Å². The van der Waals surface area contributed by atoms with Crippen LogP contribution < -0.4 is 5.48 Å². The van der Waals surface area contributed by atoms with E-state index in [0.717, 1.165) is 21.8 Å². The van der Waals surface area contributed by atoms with E-state index in [2.05, 4.69) is 15.4 Å². The molecule has 0 radical (unpaired) electrons. The van der Waals surface area contributed by atoms with Crippen molar-refractivity contribution in [3.8, 4) is 0 Å². The third-order valence-corrected chi connectivity index (χ3v) is 4.10. The molecule has 1 amide bonds. The second kappa shape index (κ2) is 7.30. The lowest BCUT2D eigenvalue weighted by molar-refractivity contribution is -0.131. The SMILES string of the molecule is Cc1ccc2nc(SCC(=O)NOCc3ccccc3)[nH]c2c1. The minimum absolute atomic E-state index is 0.192. The molecule has 5 nitrogen and oxygen atoms in total. The zero-order chi connectivity index (χ0) is 16.1. The molecule has 0 aliphatic carbocycles. The Morgan fingerprint density at radius 2 is 2.09 bits per heavy atom. The van der Waals surface area contributed by atoms with Crippen LogP contribution in [0.15, 0.2) is 53.7 Å².